The van der Waals surface area contributed by atoms with Gasteiger partial charge in [0.2, 0.25) is 11.8 Å². The zero-order chi connectivity index (χ0) is 20.0. The van der Waals surface area contributed by atoms with Crippen LogP contribution >= 0.6 is 0 Å². The van der Waals surface area contributed by atoms with Crippen LogP contribution in [0.15, 0.2) is 18.2 Å². The fraction of sp³-hybridized carbons (Fsp3) is 0.591. The highest BCUT2D eigenvalue weighted by Crippen LogP contribution is 2.42. The van der Waals surface area contributed by atoms with Crippen molar-refractivity contribution in [2.75, 3.05) is 6.54 Å². The Hall–Kier alpha value is -2.25. The minimum Gasteiger partial charge on any atom is -0.322 e. The maximum Gasteiger partial charge on any atom is 0.255 e. The van der Waals surface area contributed by atoms with E-state index in [0.29, 0.717) is 24.6 Å². The molecule has 3 aliphatic heterocycles. The number of hydrogen-bond donors (Lipinski definition) is 3. The number of amides is 3. The lowest BCUT2D eigenvalue weighted by Gasteiger charge is -2.32. The van der Waals surface area contributed by atoms with Crippen molar-refractivity contribution in [1.82, 2.24) is 20.9 Å². The highest BCUT2D eigenvalue weighted by Gasteiger charge is 2.49. The molecule has 4 aliphatic rings. The summed E-state index contributed by atoms with van der Waals surface area (Å²) in [6.45, 7) is 2.27. The van der Waals surface area contributed by atoms with Gasteiger partial charge in [0.1, 0.15) is 6.04 Å². The van der Waals surface area contributed by atoms with Crippen LogP contribution in [0.25, 0.3) is 0 Å². The van der Waals surface area contributed by atoms with E-state index in [1.807, 2.05) is 12.1 Å². The molecule has 3 heterocycles. The van der Waals surface area contributed by atoms with Crippen LogP contribution in [0.5, 0.6) is 0 Å². The summed E-state index contributed by atoms with van der Waals surface area (Å²) < 4.78 is 0. The van der Waals surface area contributed by atoms with Crippen molar-refractivity contribution >= 4 is 17.7 Å². The third-order valence-electron chi connectivity index (χ3n) is 7.08. The van der Waals surface area contributed by atoms with Crippen LogP contribution in [0.3, 0.4) is 0 Å². The zero-order valence-electron chi connectivity index (χ0n) is 16.6. The number of carbonyl (C=O) groups excluding carboxylic acids is 3. The summed E-state index contributed by atoms with van der Waals surface area (Å²) in [5.74, 6) is -0.722. The predicted octanol–water partition coefficient (Wildman–Crippen LogP) is 1.21. The van der Waals surface area contributed by atoms with Crippen molar-refractivity contribution in [1.29, 1.82) is 0 Å². The highest BCUT2D eigenvalue weighted by molar-refractivity contribution is 6.05. The number of nitrogens with one attached hydrogen (secondary N) is 3. The Labute approximate surface area is 170 Å². The molecule has 5 rings (SSSR count). The SMILES string of the molecule is O=C1CCC(N2Cc3c(CNC4(C5CCCCN5)CC4)cccc3C2=O)C(=O)N1. The molecule has 3 amide bonds. The molecule has 2 atom stereocenters. The Kier molecular flexibility index (Phi) is 4.67. The molecule has 154 valence electrons. The van der Waals surface area contributed by atoms with Gasteiger partial charge in [-0.15, -0.1) is 0 Å². The molecular weight excluding hydrogens is 368 g/mol. The van der Waals surface area contributed by atoms with Gasteiger partial charge in [-0.1, -0.05) is 18.6 Å². The van der Waals surface area contributed by atoms with Crippen molar-refractivity contribution < 1.29 is 14.4 Å². The van der Waals surface area contributed by atoms with E-state index in [1.54, 1.807) is 4.90 Å². The number of imide groups is 1. The Morgan fingerprint density at radius 1 is 1.14 bits per heavy atom. The van der Waals surface area contributed by atoms with Crippen LogP contribution in [-0.2, 0) is 22.7 Å². The van der Waals surface area contributed by atoms with Crippen LogP contribution in [0.4, 0.5) is 0 Å². The van der Waals surface area contributed by atoms with E-state index >= 15 is 0 Å². The quantitative estimate of drug-likeness (QED) is 0.651. The summed E-state index contributed by atoms with van der Waals surface area (Å²) in [6, 6.07) is 5.84. The van der Waals surface area contributed by atoms with Crippen molar-refractivity contribution in [2.45, 2.75) is 75.7 Å². The van der Waals surface area contributed by atoms with Crippen molar-refractivity contribution in [3.8, 4) is 0 Å². The minimum absolute atomic E-state index is 0.105. The number of nitrogens with zero attached hydrogens (tertiary/aromatic N) is 1. The average Bonchev–Trinajstić information content (AvgIpc) is 3.46. The molecule has 0 radical (unpaired) electrons. The Morgan fingerprint density at radius 3 is 2.72 bits per heavy atom. The van der Waals surface area contributed by atoms with Crippen LogP contribution in [0.1, 0.15) is 66.4 Å². The van der Waals surface area contributed by atoms with Gasteiger partial charge in [-0.2, -0.15) is 0 Å². The van der Waals surface area contributed by atoms with E-state index in [4.69, 9.17) is 0 Å². The summed E-state index contributed by atoms with van der Waals surface area (Å²) in [6.07, 6.45) is 6.84. The number of benzene rings is 1. The van der Waals surface area contributed by atoms with E-state index in [-0.39, 0.29) is 29.7 Å². The van der Waals surface area contributed by atoms with Crippen LogP contribution in [0, 0.1) is 0 Å². The van der Waals surface area contributed by atoms with Gasteiger partial charge >= 0.3 is 0 Å². The summed E-state index contributed by atoms with van der Waals surface area (Å²) in [5, 5.41) is 9.84. The molecule has 1 aliphatic carbocycles. The molecule has 3 N–H and O–H groups in total. The maximum absolute atomic E-state index is 13.0. The first-order chi connectivity index (χ1) is 14.1. The van der Waals surface area contributed by atoms with Gasteiger partial charge in [-0.3, -0.25) is 19.7 Å². The molecular formula is C22H28N4O3. The molecule has 1 aromatic rings. The molecule has 7 heteroatoms. The second-order valence-corrected chi connectivity index (χ2v) is 8.86. The van der Waals surface area contributed by atoms with Crippen molar-refractivity contribution in [3.05, 3.63) is 34.9 Å². The molecule has 7 nitrogen and oxygen atoms in total. The zero-order valence-corrected chi connectivity index (χ0v) is 16.6. The standard InChI is InChI=1S/C22H28N4O3/c27-19-8-7-17(20(28)25-19)26-13-16-14(4-3-5-15(16)21(26)29)12-24-22(9-10-22)18-6-1-2-11-23-18/h3-5,17-18,23-24H,1-2,6-13H2,(H,25,27,28). The maximum atomic E-state index is 13.0. The first-order valence-corrected chi connectivity index (χ1v) is 10.8. The lowest BCUT2D eigenvalue weighted by atomic mass is 9.95. The summed E-state index contributed by atoms with van der Waals surface area (Å²) >= 11 is 0. The fourth-order valence-corrected chi connectivity index (χ4v) is 5.19. The molecule has 1 saturated carbocycles. The lowest BCUT2D eigenvalue weighted by molar-refractivity contribution is -0.136. The topological polar surface area (TPSA) is 90.5 Å². The first-order valence-electron chi connectivity index (χ1n) is 10.8. The van der Waals surface area contributed by atoms with E-state index in [2.05, 4.69) is 22.0 Å². The fourth-order valence-electron chi connectivity index (χ4n) is 5.19. The van der Waals surface area contributed by atoms with Gasteiger partial charge in [0.05, 0.1) is 0 Å². The highest BCUT2D eigenvalue weighted by atomic mass is 16.2. The van der Waals surface area contributed by atoms with Gasteiger partial charge in [-0.05, 0) is 55.8 Å². The van der Waals surface area contributed by atoms with E-state index in [0.717, 1.165) is 24.2 Å². The molecule has 0 spiro atoms. The monoisotopic (exact) mass is 396 g/mol. The third-order valence-corrected chi connectivity index (χ3v) is 7.08. The van der Waals surface area contributed by atoms with Gasteiger partial charge in [0.25, 0.3) is 5.91 Å². The smallest absolute Gasteiger partial charge is 0.255 e. The first kappa shape index (κ1) is 18.8. The second kappa shape index (κ2) is 7.22. The summed E-state index contributed by atoms with van der Waals surface area (Å²) in [5.41, 5.74) is 3.03. The molecule has 3 fully saturated rings. The Bertz CT molecular complexity index is 858. The second-order valence-electron chi connectivity index (χ2n) is 8.86. The molecule has 29 heavy (non-hydrogen) atoms. The van der Waals surface area contributed by atoms with E-state index < -0.39 is 6.04 Å². The Morgan fingerprint density at radius 2 is 2.00 bits per heavy atom. The number of carbonyl (C=O) groups is 3. The number of piperidine rings is 2. The largest absolute Gasteiger partial charge is 0.322 e. The van der Waals surface area contributed by atoms with Gasteiger partial charge in [-0.25, -0.2) is 0 Å². The molecule has 0 bridgehead atoms. The molecule has 2 saturated heterocycles. The minimum atomic E-state index is -0.561. The number of hydrogen-bond acceptors (Lipinski definition) is 5. The number of rotatable bonds is 5. The number of fused-ring (bicyclic) bond motifs is 1. The van der Waals surface area contributed by atoms with Gasteiger partial charge in [0, 0.05) is 36.7 Å². The molecule has 1 aromatic carbocycles. The van der Waals surface area contributed by atoms with E-state index in [1.165, 1.54) is 32.1 Å². The van der Waals surface area contributed by atoms with Crippen LogP contribution < -0.4 is 16.0 Å². The van der Waals surface area contributed by atoms with E-state index in [9.17, 15) is 14.4 Å². The van der Waals surface area contributed by atoms with Crippen LogP contribution in [-0.4, -0.2) is 46.8 Å². The van der Waals surface area contributed by atoms with Gasteiger partial charge < -0.3 is 15.5 Å². The average molecular weight is 396 g/mol. The van der Waals surface area contributed by atoms with Crippen molar-refractivity contribution in [2.24, 2.45) is 0 Å². The summed E-state index contributed by atoms with van der Waals surface area (Å²) in [4.78, 5) is 38.3. The normalized spacial score (nSPS) is 28.3. The molecule has 2 unspecified atom stereocenters. The Balaban J connectivity index is 1.31. The molecule has 0 aromatic heterocycles. The summed E-state index contributed by atoms with van der Waals surface area (Å²) in [7, 11) is 0. The third kappa shape index (κ3) is 3.36. The van der Waals surface area contributed by atoms with Gasteiger partial charge in [0.15, 0.2) is 0 Å². The van der Waals surface area contributed by atoms with Crippen molar-refractivity contribution in [3.63, 3.8) is 0 Å². The predicted molar refractivity (Wildman–Crippen MR) is 107 cm³/mol. The van der Waals surface area contributed by atoms with Crippen LogP contribution in [0.2, 0.25) is 0 Å². The lowest BCUT2D eigenvalue weighted by Crippen LogP contribution is -2.52.